The normalized spacial score (nSPS) is 10.8. The lowest BCUT2D eigenvalue weighted by atomic mass is 10.0. The molecule has 4 heteroatoms. The Labute approximate surface area is 192 Å². The first-order chi connectivity index (χ1) is 15.7. The van der Waals surface area contributed by atoms with E-state index in [1.165, 1.54) is 37.7 Å². The zero-order valence-electron chi connectivity index (χ0n) is 19.3. The zero-order chi connectivity index (χ0) is 22.6. The van der Waals surface area contributed by atoms with Crippen molar-refractivity contribution in [2.75, 3.05) is 0 Å². The number of hydrogen-bond acceptors (Lipinski definition) is 4. The Kier molecular flexibility index (Phi) is 9.42. The Morgan fingerprint density at radius 1 is 0.719 bits per heavy atom. The van der Waals surface area contributed by atoms with Gasteiger partial charge in [0.25, 0.3) is 0 Å². The lowest BCUT2D eigenvalue weighted by Crippen LogP contribution is -2.07. The molecule has 0 atom stereocenters. The molecule has 0 spiro atoms. The van der Waals surface area contributed by atoms with E-state index in [-0.39, 0.29) is 5.97 Å². The van der Waals surface area contributed by atoms with Gasteiger partial charge in [0.05, 0.1) is 0 Å². The predicted octanol–water partition coefficient (Wildman–Crippen LogP) is 7.42. The van der Waals surface area contributed by atoms with Crippen LogP contribution in [-0.2, 0) is 11.2 Å². The van der Waals surface area contributed by atoms with Gasteiger partial charge in [-0.25, -0.2) is 9.97 Å². The zero-order valence-corrected chi connectivity index (χ0v) is 19.3. The molecule has 1 aromatic heterocycles. The molecular formula is C28H34N2O2. The minimum absolute atomic E-state index is 0.185. The van der Waals surface area contributed by atoms with Crippen LogP contribution in [0.5, 0.6) is 5.75 Å². The maximum Gasteiger partial charge on any atom is 0.311 e. The van der Waals surface area contributed by atoms with Crippen LogP contribution >= 0.6 is 0 Å². The molecule has 0 bridgehead atoms. The third kappa shape index (κ3) is 7.30. The minimum Gasteiger partial charge on any atom is -0.427 e. The third-order valence-electron chi connectivity index (χ3n) is 5.59. The lowest BCUT2D eigenvalue weighted by Gasteiger charge is -2.07. The fraction of sp³-hybridized carbons (Fsp3) is 0.393. The molecule has 2 aromatic carbocycles. The number of benzene rings is 2. The number of carbonyl (C=O) groups excluding carboxylic acids is 1. The summed E-state index contributed by atoms with van der Waals surface area (Å²) in [6, 6.07) is 16.1. The third-order valence-corrected chi connectivity index (χ3v) is 5.59. The lowest BCUT2D eigenvalue weighted by molar-refractivity contribution is -0.134. The van der Waals surface area contributed by atoms with Crippen molar-refractivity contribution >= 4 is 5.97 Å². The van der Waals surface area contributed by atoms with Crippen molar-refractivity contribution in [3.05, 3.63) is 66.5 Å². The summed E-state index contributed by atoms with van der Waals surface area (Å²) in [5, 5.41) is 0. The van der Waals surface area contributed by atoms with Crippen LogP contribution in [0.15, 0.2) is 60.9 Å². The highest BCUT2D eigenvalue weighted by atomic mass is 16.5. The number of rotatable bonds is 12. The number of aromatic nitrogens is 2. The predicted molar refractivity (Wildman–Crippen MR) is 131 cm³/mol. The van der Waals surface area contributed by atoms with E-state index in [2.05, 4.69) is 48.1 Å². The van der Waals surface area contributed by atoms with Gasteiger partial charge in [0.1, 0.15) is 5.75 Å². The van der Waals surface area contributed by atoms with Crippen LogP contribution in [0.25, 0.3) is 22.5 Å². The maximum absolute atomic E-state index is 11.8. The fourth-order valence-corrected chi connectivity index (χ4v) is 3.60. The molecule has 0 N–H and O–H groups in total. The molecule has 0 radical (unpaired) electrons. The molecule has 0 aliphatic rings. The monoisotopic (exact) mass is 430 g/mol. The van der Waals surface area contributed by atoms with Crippen LogP contribution < -0.4 is 4.74 Å². The van der Waals surface area contributed by atoms with Crippen LogP contribution in [0, 0.1) is 0 Å². The standard InChI is InChI=1S/C28H34N2O2/c1-3-5-7-8-9-10-22-12-14-24(15-13-22)28-29-20-25(21-30-28)23-16-18-26(19-17-23)32-27(31)11-6-4-2/h12-21H,3-11H2,1-2H3. The van der Waals surface area contributed by atoms with E-state index >= 15 is 0 Å². The number of nitrogens with zero attached hydrogens (tertiary/aromatic N) is 2. The van der Waals surface area contributed by atoms with Gasteiger partial charge in [0.2, 0.25) is 0 Å². The largest absolute Gasteiger partial charge is 0.427 e. The molecule has 168 valence electrons. The molecule has 1 heterocycles. The summed E-state index contributed by atoms with van der Waals surface area (Å²) in [5.41, 5.74) is 4.32. The van der Waals surface area contributed by atoms with E-state index in [0.29, 0.717) is 12.2 Å². The van der Waals surface area contributed by atoms with E-state index < -0.39 is 0 Å². The summed E-state index contributed by atoms with van der Waals surface area (Å²) in [6.45, 7) is 4.30. The summed E-state index contributed by atoms with van der Waals surface area (Å²) in [7, 11) is 0. The first-order valence-corrected chi connectivity index (χ1v) is 11.9. The second-order valence-electron chi connectivity index (χ2n) is 8.26. The maximum atomic E-state index is 11.8. The summed E-state index contributed by atoms with van der Waals surface area (Å²) in [4.78, 5) is 20.9. The average molecular weight is 431 g/mol. The number of ether oxygens (including phenoxy) is 1. The van der Waals surface area contributed by atoms with E-state index in [1.807, 2.05) is 36.7 Å². The van der Waals surface area contributed by atoms with Gasteiger partial charge in [-0.2, -0.15) is 0 Å². The van der Waals surface area contributed by atoms with E-state index in [9.17, 15) is 4.79 Å². The van der Waals surface area contributed by atoms with E-state index in [1.54, 1.807) is 0 Å². The minimum atomic E-state index is -0.185. The molecule has 0 amide bonds. The summed E-state index contributed by atoms with van der Waals surface area (Å²) in [5.74, 6) is 1.11. The highest BCUT2D eigenvalue weighted by Crippen LogP contribution is 2.24. The molecular weight excluding hydrogens is 396 g/mol. The number of esters is 1. The van der Waals surface area contributed by atoms with Gasteiger partial charge in [0, 0.05) is 29.9 Å². The van der Waals surface area contributed by atoms with Gasteiger partial charge in [-0.05, 0) is 42.5 Å². The van der Waals surface area contributed by atoms with E-state index in [0.717, 1.165) is 41.8 Å². The van der Waals surface area contributed by atoms with Crippen molar-refractivity contribution in [1.82, 2.24) is 9.97 Å². The van der Waals surface area contributed by atoms with Crippen LogP contribution in [0.2, 0.25) is 0 Å². The molecule has 0 aliphatic carbocycles. The number of aryl methyl sites for hydroxylation is 1. The summed E-state index contributed by atoms with van der Waals surface area (Å²) >= 11 is 0. The highest BCUT2D eigenvalue weighted by molar-refractivity contribution is 5.73. The molecule has 0 saturated carbocycles. The van der Waals surface area contributed by atoms with E-state index in [4.69, 9.17) is 4.74 Å². The van der Waals surface area contributed by atoms with Gasteiger partial charge >= 0.3 is 5.97 Å². The smallest absolute Gasteiger partial charge is 0.311 e. The molecule has 3 aromatic rings. The molecule has 3 rings (SSSR count). The van der Waals surface area contributed by atoms with Gasteiger partial charge < -0.3 is 4.74 Å². The molecule has 0 saturated heterocycles. The quantitative estimate of drug-likeness (QED) is 0.170. The Hall–Kier alpha value is -3.01. The summed E-state index contributed by atoms with van der Waals surface area (Å²) < 4.78 is 5.37. The van der Waals surface area contributed by atoms with Crippen LogP contribution in [0.1, 0.15) is 70.8 Å². The SMILES string of the molecule is CCCCCCCc1ccc(-c2ncc(-c3ccc(OC(=O)CCCC)cc3)cn2)cc1. The highest BCUT2D eigenvalue weighted by Gasteiger charge is 2.07. The molecule has 4 nitrogen and oxygen atoms in total. The van der Waals surface area contributed by atoms with Gasteiger partial charge in [0.15, 0.2) is 5.82 Å². The van der Waals surface area contributed by atoms with Crippen molar-refractivity contribution in [2.45, 2.75) is 71.6 Å². The van der Waals surface area contributed by atoms with Gasteiger partial charge in [-0.1, -0.05) is 82.3 Å². The Bertz CT molecular complexity index is 948. The molecule has 0 fully saturated rings. The van der Waals surface area contributed by atoms with Crippen LogP contribution in [0.3, 0.4) is 0 Å². The first-order valence-electron chi connectivity index (χ1n) is 11.9. The number of hydrogen-bond donors (Lipinski definition) is 0. The second-order valence-corrected chi connectivity index (χ2v) is 8.26. The Morgan fingerprint density at radius 2 is 1.34 bits per heavy atom. The average Bonchev–Trinajstić information content (AvgIpc) is 2.84. The van der Waals surface area contributed by atoms with Crippen molar-refractivity contribution < 1.29 is 9.53 Å². The molecule has 32 heavy (non-hydrogen) atoms. The topological polar surface area (TPSA) is 52.1 Å². The number of carbonyl (C=O) groups is 1. The first kappa shape index (κ1) is 23.6. The van der Waals surface area contributed by atoms with Gasteiger partial charge in [-0.3, -0.25) is 4.79 Å². The molecule has 0 unspecified atom stereocenters. The fourth-order valence-electron chi connectivity index (χ4n) is 3.60. The van der Waals surface area contributed by atoms with Crippen molar-refractivity contribution in [3.8, 4) is 28.3 Å². The molecule has 0 aliphatic heterocycles. The van der Waals surface area contributed by atoms with Crippen molar-refractivity contribution in [1.29, 1.82) is 0 Å². The van der Waals surface area contributed by atoms with Crippen molar-refractivity contribution in [3.63, 3.8) is 0 Å². The van der Waals surface area contributed by atoms with Gasteiger partial charge in [-0.15, -0.1) is 0 Å². The van der Waals surface area contributed by atoms with Crippen molar-refractivity contribution in [2.24, 2.45) is 0 Å². The van der Waals surface area contributed by atoms with Crippen LogP contribution in [-0.4, -0.2) is 15.9 Å². The summed E-state index contributed by atoms with van der Waals surface area (Å²) in [6.07, 6.45) is 13.6. The second kappa shape index (κ2) is 12.7. The number of unbranched alkanes of at least 4 members (excludes halogenated alkanes) is 5. The Balaban J connectivity index is 1.56. The Morgan fingerprint density at radius 3 is 2.00 bits per heavy atom. The van der Waals surface area contributed by atoms with Crippen LogP contribution in [0.4, 0.5) is 0 Å².